The molecule has 0 aliphatic rings. The second-order valence-electron chi connectivity index (χ2n) is 4.68. The molecule has 122 valence electrons. The van der Waals surface area contributed by atoms with E-state index in [1.807, 2.05) is 6.92 Å². The molecule has 0 spiro atoms. The molecule has 1 unspecified atom stereocenters. The van der Waals surface area contributed by atoms with E-state index in [0.29, 0.717) is 11.7 Å². The Bertz CT molecular complexity index is 623. The quantitative estimate of drug-likeness (QED) is 0.828. The van der Waals surface area contributed by atoms with Gasteiger partial charge in [0.05, 0.1) is 23.1 Å². The maximum Gasteiger partial charge on any atom is 0.228 e. The van der Waals surface area contributed by atoms with Crippen LogP contribution in [0.4, 0.5) is 5.13 Å². The summed E-state index contributed by atoms with van der Waals surface area (Å²) in [5.41, 5.74) is 6.46. The molecule has 0 aromatic carbocycles. The third kappa shape index (κ3) is 4.76. The number of nitrogens with one attached hydrogen (secondary N) is 1. The Kier molecular flexibility index (Phi) is 7.44. The number of carbonyl (C=O) groups is 1. The van der Waals surface area contributed by atoms with Crippen LogP contribution >= 0.6 is 35.1 Å². The Balaban J connectivity index is 0.00000242. The number of carbonyl (C=O) groups excluding carboxylic acids is 1. The third-order valence-electron chi connectivity index (χ3n) is 3.03. The van der Waals surface area contributed by atoms with Gasteiger partial charge < -0.3 is 15.8 Å². The summed E-state index contributed by atoms with van der Waals surface area (Å²) in [5.74, 6) is -0.130. The van der Waals surface area contributed by atoms with Gasteiger partial charge in [0.25, 0.3) is 0 Å². The molecule has 2 rings (SSSR count). The average Bonchev–Trinajstić information content (AvgIpc) is 3.02. The van der Waals surface area contributed by atoms with Gasteiger partial charge >= 0.3 is 0 Å². The van der Waals surface area contributed by atoms with Crippen LogP contribution < -0.4 is 11.1 Å². The lowest BCUT2D eigenvalue weighted by atomic mass is 10.2. The molecular weight excluding hydrogens is 342 g/mol. The van der Waals surface area contributed by atoms with E-state index in [4.69, 9.17) is 10.5 Å². The Morgan fingerprint density at radius 3 is 2.68 bits per heavy atom. The molecule has 0 aliphatic heterocycles. The molecule has 0 saturated heterocycles. The molecule has 1 amide bonds. The molecule has 0 saturated carbocycles. The number of aromatic nitrogens is 1. The minimum Gasteiger partial charge on any atom is -0.380 e. The number of rotatable bonds is 6. The summed E-state index contributed by atoms with van der Waals surface area (Å²) in [6, 6.07) is 4.13. The number of amides is 1. The number of halogens is 1. The van der Waals surface area contributed by atoms with Crippen molar-refractivity contribution >= 4 is 46.1 Å². The Morgan fingerprint density at radius 2 is 2.14 bits per heavy atom. The Labute approximate surface area is 144 Å². The van der Waals surface area contributed by atoms with Gasteiger partial charge in [0, 0.05) is 23.4 Å². The van der Waals surface area contributed by atoms with Crippen molar-refractivity contribution in [2.24, 2.45) is 5.73 Å². The maximum atomic E-state index is 11.9. The molecule has 0 aliphatic carbocycles. The second kappa shape index (κ2) is 8.59. The summed E-state index contributed by atoms with van der Waals surface area (Å²) in [4.78, 5) is 19.9. The van der Waals surface area contributed by atoms with Gasteiger partial charge in [-0.3, -0.25) is 4.79 Å². The largest absolute Gasteiger partial charge is 0.380 e. The van der Waals surface area contributed by atoms with Gasteiger partial charge in [-0.05, 0) is 26.0 Å². The van der Waals surface area contributed by atoms with Gasteiger partial charge in [-0.2, -0.15) is 0 Å². The van der Waals surface area contributed by atoms with Crippen molar-refractivity contribution in [1.29, 1.82) is 0 Å². The molecular formula is C14H20ClN3O2S2. The highest BCUT2D eigenvalue weighted by molar-refractivity contribution is 7.18. The number of anilines is 1. The first-order valence-corrected chi connectivity index (χ1v) is 8.23. The fraction of sp³-hybridized carbons (Fsp3) is 0.429. The fourth-order valence-electron chi connectivity index (χ4n) is 1.88. The molecule has 0 bridgehead atoms. The normalized spacial score (nSPS) is 11.8. The molecule has 8 heteroatoms. The van der Waals surface area contributed by atoms with E-state index in [1.165, 1.54) is 16.2 Å². The number of nitrogens with zero attached hydrogens (tertiary/aromatic N) is 1. The van der Waals surface area contributed by atoms with Gasteiger partial charge in [0.15, 0.2) is 5.13 Å². The summed E-state index contributed by atoms with van der Waals surface area (Å²) in [7, 11) is 1.55. The van der Waals surface area contributed by atoms with E-state index in [-0.39, 0.29) is 30.8 Å². The maximum absolute atomic E-state index is 11.9. The van der Waals surface area contributed by atoms with E-state index in [9.17, 15) is 4.79 Å². The molecule has 1 atom stereocenters. The number of hydrogen-bond acceptors (Lipinski definition) is 6. The SMILES string of the molecule is COC(CN)CC(=O)Nc1nc(-c2ccc(C)s2)c(C)s1.Cl. The molecule has 0 fully saturated rings. The summed E-state index contributed by atoms with van der Waals surface area (Å²) >= 11 is 3.18. The predicted octanol–water partition coefficient (Wildman–Crippen LogP) is 3.21. The van der Waals surface area contributed by atoms with Crippen molar-refractivity contribution in [2.75, 3.05) is 19.0 Å². The summed E-state index contributed by atoms with van der Waals surface area (Å²) in [6.07, 6.45) is -0.0236. The smallest absolute Gasteiger partial charge is 0.228 e. The summed E-state index contributed by atoms with van der Waals surface area (Å²) in [6.45, 7) is 4.40. The van der Waals surface area contributed by atoms with E-state index in [2.05, 4.69) is 29.4 Å². The van der Waals surface area contributed by atoms with Crippen LogP contribution in [0.3, 0.4) is 0 Å². The van der Waals surface area contributed by atoms with Gasteiger partial charge in [-0.25, -0.2) is 4.98 Å². The predicted molar refractivity (Wildman–Crippen MR) is 95.2 cm³/mol. The van der Waals surface area contributed by atoms with Crippen LogP contribution in [0.25, 0.3) is 10.6 Å². The number of methoxy groups -OCH3 is 1. The third-order valence-corrected chi connectivity index (χ3v) is 4.92. The lowest BCUT2D eigenvalue weighted by Gasteiger charge is -2.11. The fourth-order valence-corrected chi connectivity index (χ4v) is 3.70. The Hall–Kier alpha value is -0.990. The van der Waals surface area contributed by atoms with Crippen molar-refractivity contribution in [2.45, 2.75) is 26.4 Å². The van der Waals surface area contributed by atoms with Crippen LogP contribution in [-0.4, -0.2) is 30.6 Å². The zero-order valence-corrected chi connectivity index (χ0v) is 15.2. The van der Waals surface area contributed by atoms with Crippen LogP contribution in [0.1, 0.15) is 16.2 Å². The van der Waals surface area contributed by atoms with Gasteiger partial charge in [0.2, 0.25) is 5.91 Å². The van der Waals surface area contributed by atoms with E-state index in [0.717, 1.165) is 15.4 Å². The van der Waals surface area contributed by atoms with Crippen molar-refractivity contribution < 1.29 is 9.53 Å². The van der Waals surface area contributed by atoms with Gasteiger partial charge in [-0.1, -0.05) is 0 Å². The molecule has 2 heterocycles. The van der Waals surface area contributed by atoms with Crippen LogP contribution in [0.15, 0.2) is 12.1 Å². The lowest BCUT2D eigenvalue weighted by molar-refractivity contribution is -0.118. The topological polar surface area (TPSA) is 77.2 Å². The van der Waals surface area contributed by atoms with Crippen LogP contribution in [0.5, 0.6) is 0 Å². The number of aryl methyl sites for hydroxylation is 2. The lowest BCUT2D eigenvalue weighted by Crippen LogP contribution is -2.28. The standard InChI is InChI=1S/C14H19N3O2S2.ClH/c1-8-4-5-11(20-8)13-9(2)21-14(17-13)16-12(18)6-10(7-15)19-3;/h4-5,10H,6-7,15H2,1-3H3,(H,16,17,18);1H. The van der Waals surface area contributed by atoms with E-state index < -0.39 is 0 Å². The minimum absolute atomic E-state index is 0. The van der Waals surface area contributed by atoms with Crippen molar-refractivity contribution in [1.82, 2.24) is 4.98 Å². The first-order chi connectivity index (χ1) is 10.0. The van der Waals surface area contributed by atoms with Gasteiger partial charge in [0.1, 0.15) is 0 Å². The molecule has 2 aromatic heterocycles. The van der Waals surface area contributed by atoms with E-state index >= 15 is 0 Å². The number of hydrogen-bond donors (Lipinski definition) is 2. The highest BCUT2D eigenvalue weighted by Gasteiger charge is 2.16. The molecule has 0 radical (unpaired) electrons. The van der Waals surface area contributed by atoms with Crippen LogP contribution in [-0.2, 0) is 9.53 Å². The molecule has 22 heavy (non-hydrogen) atoms. The van der Waals surface area contributed by atoms with Crippen molar-refractivity contribution in [3.8, 4) is 10.6 Å². The van der Waals surface area contributed by atoms with Crippen molar-refractivity contribution in [3.05, 3.63) is 21.9 Å². The zero-order valence-electron chi connectivity index (χ0n) is 12.7. The number of thiophene rings is 1. The van der Waals surface area contributed by atoms with Gasteiger partial charge in [-0.15, -0.1) is 35.1 Å². The number of ether oxygens (including phenoxy) is 1. The first-order valence-electron chi connectivity index (χ1n) is 6.60. The van der Waals surface area contributed by atoms with E-state index in [1.54, 1.807) is 18.4 Å². The minimum atomic E-state index is -0.259. The molecule has 5 nitrogen and oxygen atoms in total. The van der Waals surface area contributed by atoms with Crippen LogP contribution in [0.2, 0.25) is 0 Å². The average molecular weight is 362 g/mol. The zero-order chi connectivity index (χ0) is 15.4. The summed E-state index contributed by atoms with van der Waals surface area (Å²) < 4.78 is 5.11. The van der Waals surface area contributed by atoms with Crippen LogP contribution in [0, 0.1) is 13.8 Å². The number of nitrogens with two attached hydrogens (primary N) is 1. The Morgan fingerprint density at radius 1 is 1.41 bits per heavy atom. The molecule has 3 N–H and O–H groups in total. The number of thiazole rings is 1. The highest BCUT2D eigenvalue weighted by atomic mass is 35.5. The summed E-state index contributed by atoms with van der Waals surface area (Å²) in [5, 5.41) is 3.43. The first kappa shape index (κ1) is 19.1. The molecule has 2 aromatic rings. The second-order valence-corrected chi connectivity index (χ2v) is 7.17. The van der Waals surface area contributed by atoms with Crippen molar-refractivity contribution in [3.63, 3.8) is 0 Å². The monoisotopic (exact) mass is 361 g/mol. The highest BCUT2D eigenvalue weighted by Crippen LogP contribution is 2.34.